The van der Waals surface area contributed by atoms with Gasteiger partial charge in [0.05, 0.1) is 0 Å². The molecule has 2 rings (SSSR count). The van der Waals surface area contributed by atoms with Crippen molar-refractivity contribution < 1.29 is 14.4 Å². The van der Waals surface area contributed by atoms with Crippen molar-refractivity contribution >= 4 is 29.4 Å². The molecule has 0 saturated carbocycles. The fourth-order valence-corrected chi connectivity index (χ4v) is 2.99. The van der Waals surface area contributed by atoms with E-state index in [0.29, 0.717) is 24.2 Å². The quantitative estimate of drug-likeness (QED) is 0.120. The largest absolute Gasteiger partial charge is 0.399 e. The Morgan fingerprint density at radius 1 is 0.875 bits per heavy atom. The Labute approximate surface area is 186 Å². The third kappa shape index (κ3) is 7.98. The van der Waals surface area contributed by atoms with Crippen LogP contribution >= 0.6 is 0 Å². The van der Waals surface area contributed by atoms with Crippen molar-refractivity contribution in [3.05, 3.63) is 65.7 Å². The number of hydrogen-bond donors (Lipinski definition) is 6. The minimum Gasteiger partial charge on any atom is -0.399 e. The summed E-state index contributed by atoms with van der Waals surface area (Å²) in [7, 11) is 0. The lowest BCUT2D eigenvalue weighted by Gasteiger charge is -2.22. The normalized spacial score (nSPS) is 12.2. The number of nitrogens with one attached hydrogen (secondary N) is 2. The third-order valence-electron chi connectivity index (χ3n) is 4.68. The summed E-state index contributed by atoms with van der Waals surface area (Å²) in [6.45, 7) is 0.293. The first-order valence-electron chi connectivity index (χ1n) is 10.1. The number of aliphatic imine (C=N–C) groups is 1. The van der Waals surface area contributed by atoms with Crippen LogP contribution in [0, 0.1) is 0 Å². The average Bonchev–Trinajstić information content (AvgIpc) is 2.76. The van der Waals surface area contributed by atoms with Crippen LogP contribution in [0.15, 0.2) is 59.6 Å². The predicted octanol–water partition coefficient (Wildman–Crippen LogP) is -0.366. The van der Waals surface area contributed by atoms with Crippen LogP contribution in [-0.4, -0.2) is 42.3 Å². The molecule has 0 aliphatic rings. The monoisotopic (exact) mass is 439 g/mol. The molecule has 0 aliphatic heterocycles. The van der Waals surface area contributed by atoms with Gasteiger partial charge in [-0.25, -0.2) is 0 Å². The maximum Gasteiger partial charge on any atom is 0.251 e. The van der Waals surface area contributed by atoms with E-state index in [9.17, 15) is 14.4 Å². The summed E-state index contributed by atoms with van der Waals surface area (Å²) >= 11 is 0. The van der Waals surface area contributed by atoms with Crippen molar-refractivity contribution in [3.63, 3.8) is 0 Å². The minimum atomic E-state index is -0.939. The van der Waals surface area contributed by atoms with Crippen molar-refractivity contribution in [2.24, 2.45) is 22.2 Å². The highest BCUT2D eigenvalue weighted by molar-refractivity contribution is 5.98. The van der Waals surface area contributed by atoms with Crippen molar-refractivity contribution in [1.29, 1.82) is 0 Å². The molecule has 10 nitrogen and oxygen atoms in total. The van der Waals surface area contributed by atoms with Gasteiger partial charge in [0, 0.05) is 24.2 Å². The van der Waals surface area contributed by atoms with Gasteiger partial charge in [0.25, 0.3) is 5.91 Å². The third-order valence-corrected chi connectivity index (χ3v) is 4.68. The summed E-state index contributed by atoms with van der Waals surface area (Å²) in [6, 6.07) is 13.6. The first-order chi connectivity index (χ1) is 15.3. The van der Waals surface area contributed by atoms with Gasteiger partial charge in [0.1, 0.15) is 12.1 Å². The molecule has 2 atom stereocenters. The second-order valence-electron chi connectivity index (χ2n) is 7.25. The van der Waals surface area contributed by atoms with Gasteiger partial charge in [-0.1, -0.05) is 30.3 Å². The zero-order valence-corrected chi connectivity index (χ0v) is 17.7. The Morgan fingerprint density at radius 3 is 2.12 bits per heavy atom. The molecule has 0 unspecified atom stereocenters. The lowest BCUT2D eigenvalue weighted by Crippen LogP contribution is -2.53. The molecule has 10 N–H and O–H groups in total. The molecule has 170 valence electrons. The Balaban J connectivity index is 2.13. The molecule has 2 aromatic carbocycles. The molecule has 2 aromatic rings. The van der Waals surface area contributed by atoms with Crippen LogP contribution in [0.3, 0.4) is 0 Å². The number of guanidine groups is 1. The van der Waals surface area contributed by atoms with Gasteiger partial charge in [-0.3, -0.25) is 19.4 Å². The number of carbonyl (C=O) groups is 3. The van der Waals surface area contributed by atoms with Gasteiger partial charge in [-0.2, -0.15) is 0 Å². The number of nitrogens with two attached hydrogens (primary N) is 4. The van der Waals surface area contributed by atoms with Crippen LogP contribution in [0.25, 0.3) is 0 Å². The van der Waals surface area contributed by atoms with E-state index in [2.05, 4.69) is 15.6 Å². The number of amides is 3. The molecule has 0 fully saturated rings. The van der Waals surface area contributed by atoms with Crippen LogP contribution < -0.4 is 33.6 Å². The highest BCUT2D eigenvalue weighted by Crippen LogP contribution is 2.10. The summed E-state index contributed by atoms with van der Waals surface area (Å²) in [5.74, 6) is -1.69. The number of nitrogens with zero attached hydrogens (tertiary/aromatic N) is 1. The summed E-state index contributed by atoms with van der Waals surface area (Å²) < 4.78 is 0. The molecular formula is C22H29N7O3. The summed E-state index contributed by atoms with van der Waals surface area (Å²) in [4.78, 5) is 41.4. The molecule has 32 heavy (non-hydrogen) atoms. The molecule has 0 saturated heterocycles. The van der Waals surface area contributed by atoms with Crippen molar-refractivity contribution in [3.8, 4) is 0 Å². The number of rotatable bonds is 11. The van der Waals surface area contributed by atoms with E-state index in [0.717, 1.165) is 5.56 Å². The Morgan fingerprint density at radius 2 is 1.53 bits per heavy atom. The second kappa shape index (κ2) is 11.9. The van der Waals surface area contributed by atoms with E-state index in [1.54, 1.807) is 54.6 Å². The zero-order chi connectivity index (χ0) is 23.5. The van der Waals surface area contributed by atoms with Crippen molar-refractivity contribution in [1.82, 2.24) is 10.6 Å². The number of nitrogen functional groups attached to an aromatic ring is 1. The topological polar surface area (TPSA) is 192 Å². The van der Waals surface area contributed by atoms with Crippen LogP contribution in [0.1, 0.15) is 28.8 Å². The molecule has 0 bridgehead atoms. The first kappa shape index (κ1) is 24.2. The van der Waals surface area contributed by atoms with E-state index in [-0.39, 0.29) is 18.8 Å². The standard InChI is InChI=1S/C22H29N7O3/c23-16-10-8-14(9-11-16)13-18(29-20(31)15-5-2-1-3-6-15)21(32)28-17(19(24)30)7-4-12-27-22(25)26/h1-3,5-6,8-11,17-18H,4,7,12-13,23H2,(H2,24,30)(H,28,32)(H,29,31)(H4,25,26,27)/t17-,18-/m0/s1. The van der Waals surface area contributed by atoms with Gasteiger partial charge < -0.3 is 33.6 Å². The van der Waals surface area contributed by atoms with Gasteiger partial charge in [0.15, 0.2) is 5.96 Å². The lowest BCUT2D eigenvalue weighted by molar-refractivity contribution is -0.128. The second-order valence-corrected chi connectivity index (χ2v) is 7.25. The van der Waals surface area contributed by atoms with Gasteiger partial charge in [-0.05, 0) is 42.7 Å². The number of primary amides is 1. The molecule has 0 aromatic heterocycles. The van der Waals surface area contributed by atoms with Gasteiger partial charge in [0.2, 0.25) is 11.8 Å². The van der Waals surface area contributed by atoms with Gasteiger partial charge >= 0.3 is 0 Å². The molecule has 10 heteroatoms. The lowest BCUT2D eigenvalue weighted by atomic mass is 10.0. The highest BCUT2D eigenvalue weighted by atomic mass is 16.2. The summed E-state index contributed by atoms with van der Waals surface area (Å²) in [5, 5.41) is 5.36. The fraction of sp³-hybridized carbons (Fsp3) is 0.273. The summed E-state index contributed by atoms with van der Waals surface area (Å²) in [6.07, 6.45) is 0.883. The van der Waals surface area contributed by atoms with Crippen molar-refractivity contribution in [2.75, 3.05) is 12.3 Å². The average molecular weight is 440 g/mol. The predicted molar refractivity (Wildman–Crippen MR) is 123 cm³/mol. The summed E-state index contributed by atoms with van der Waals surface area (Å²) in [5.41, 5.74) is 23.5. The van der Waals surface area contributed by atoms with E-state index in [1.807, 2.05) is 0 Å². The van der Waals surface area contributed by atoms with E-state index in [1.165, 1.54) is 0 Å². The molecular weight excluding hydrogens is 410 g/mol. The number of benzene rings is 2. The van der Waals surface area contributed by atoms with Gasteiger partial charge in [-0.15, -0.1) is 0 Å². The minimum absolute atomic E-state index is 0.0585. The van der Waals surface area contributed by atoms with Crippen LogP contribution in [0.2, 0.25) is 0 Å². The number of anilines is 1. The molecule has 0 aliphatic carbocycles. The maximum atomic E-state index is 13.0. The number of hydrogen-bond acceptors (Lipinski definition) is 5. The maximum absolute atomic E-state index is 13.0. The van der Waals surface area contributed by atoms with Crippen molar-refractivity contribution in [2.45, 2.75) is 31.3 Å². The van der Waals surface area contributed by atoms with E-state index >= 15 is 0 Å². The fourth-order valence-electron chi connectivity index (χ4n) is 2.99. The van der Waals surface area contributed by atoms with E-state index in [4.69, 9.17) is 22.9 Å². The van der Waals surface area contributed by atoms with Crippen LogP contribution in [0.4, 0.5) is 5.69 Å². The first-order valence-corrected chi connectivity index (χ1v) is 10.1. The zero-order valence-electron chi connectivity index (χ0n) is 17.7. The number of carbonyl (C=O) groups excluding carboxylic acids is 3. The highest BCUT2D eigenvalue weighted by Gasteiger charge is 2.26. The molecule has 0 spiro atoms. The smallest absolute Gasteiger partial charge is 0.251 e. The molecule has 3 amide bonds. The molecule has 0 heterocycles. The Bertz CT molecular complexity index is 942. The van der Waals surface area contributed by atoms with Crippen LogP contribution in [0.5, 0.6) is 0 Å². The van der Waals surface area contributed by atoms with Crippen LogP contribution in [-0.2, 0) is 16.0 Å². The SMILES string of the molecule is NC(=O)[C@H](CCCN=C(N)N)NC(=O)[C@H](Cc1ccc(N)cc1)NC(=O)c1ccccc1. The molecule has 0 radical (unpaired) electrons. The Kier molecular flexibility index (Phi) is 9.03. The van der Waals surface area contributed by atoms with E-state index < -0.39 is 29.8 Å². The Hall–Kier alpha value is -4.08.